The van der Waals surface area contributed by atoms with Crippen LogP contribution in [0.4, 0.5) is 17.1 Å². The summed E-state index contributed by atoms with van der Waals surface area (Å²) < 4.78 is 0. The van der Waals surface area contributed by atoms with E-state index < -0.39 is 0 Å². The SMILES string of the molecule is C=C(Nc1ccccc1)Sc1nc(SC(N)=Nc2ccccc2)nc(SC(N)=Nc2ccccc2)n1. The van der Waals surface area contributed by atoms with Gasteiger partial charge in [-0.05, 0) is 71.7 Å². The Morgan fingerprint density at radius 2 is 1.00 bits per heavy atom. The predicted octanol–water partition coefficient (Wildman–Crippen LogP) is 6.02. The van der Waals surface area contributed by atoms with E-state index in [-0.39, 0.29) is 0 Å². The van der Waals surface area contributed by atoms with Crippen LogP contribution in [0.1, 0.15) is 0 Å². The third-order valence-electron chi connectivity index (χ3n) is 4.23. The van der Waals surface area contributed by atoms with Gasteiger partial charge in [0.2, 0.25) is 0 Å². The summed E-state index contributed by atoms with van der Waals surface area (Å²) >= 11 is 3.55. The standard InChI is InChI=1S/C25H22N8S3/c1-17(28-18-11-5-2-6-12-18)34-23-31-24(35-21(26)29-19-13-7-3-8-14-19)33-25(32-23)36-22(27)30-20-15-9-4-10-16-20/h2-16,28H,1H2,(H2,26,29)(H2,27,30). The Morgan fingerprint density at radius 3 is 1.44 bits per heavy atom. The molecule has 0 unspecified atom stereocenters. The fraction of sp³-hybridized carbons (Fsp3) is 0. The van der Waals surface area contributed by atoms with E-state index in [0.29, 0.717) is 30.8 Å². The summed E-state index contributed by atoms with van der Waals surface area (Å²) in [5, 5.41) is 5.68. The molecule has 11 heteroatoms. The van der Waals surface area contributed by atoms with Gasteiger partial charge in [-0.2, -0.15) is 15.0 Å². The average Bonchev–Trinajstić information content (AvgIpc) is 2.85. The Kier molecular flexibility index (Phi) is 8.98. The number of thioether (sulfide) groups is 3. The number of anilines is 1. The van der Waals surface area contributed by atoms with Gasteiger partial charge < -0.3 is 16.8 Å². The molecule has 8 nitrogen and oxygen atoms in total. The maximum absolute atomic E-state index is 6.17. The zero-order valence-corrected chi connectivity index (χ0v) is 21.4. The molecule has 3 aromatic carbocycles. The molecule has 1 aromatic heterocycles. The summed E-state index contributed by atoms with van der Waals surface area (Å²) in [4.78, 5) is 22.4. The predicted molar refractivity (Wildman–Crippen MR) is 152 cm³/mol. The Hall–Kier alpha value is -3.80. The zero-order chi connectivity index (χ0) is 25.2. The van der Waals surface area contributed by atoms with Crippen LogP contribution in [0.25, 0.3) is 0 Å². The van der Waals surface area contributed by atoms with Gasteiger partial charge in [-0.1, -0.05) is 61.2 Å². The lowest BCUT2D eigenvalue weighted by Gasteiger charge is -2.10. The summed E-state index contributed by atoms with van der Waals surface area (Å²) in [6, 6.07) is 28.6. The van der Waals surface area contributed by atoms with Gasteiger partial charge >= 0.3 is 0 Å². The van der Waals surface area contributed by atoms with Gasteiger partial charge in [-0.15, -0.1) is 0 Å². The Labute approximate surface area is 221 Å². The van der Waals surface area contributed by atoms with Crippen LogP contribution in [0.15, 0.2) is 128 Å². The Morgan fingerprint density at radius 1 is 0.611 bits per heavy atom. The number of nitrogens with two attached hydrogens (primary N) is 2. The quantitative estimate of drug-likeness (QED) is 0.142. The molecule has 4 rings (SSSR count). The largest absolute Gasteiger partial charge is 0.378 e. The highest BCUT2D eigenvalue weighted by atomic mass is 32.2. The van der Waals surface area contributed by atoms with E-state index in [1.54, 1.807) is 0 Å². The van der Waals surface area contributed by atoms with Gasteiger partial charge in [0.05, 0.1) is 16.4 Å². The van der Waals surface area contributed by atoms with Crippen molar-refractivity contribution in [3.05, 3.63) is 103 Å². The molecule has 0 fully saturated rings. The third-order valence-corrected chi connectivity index (χ3v) is 6.27. The highest BCUT2D eigenvalue weighted by molar-refractivity contribution is 8.14. The van der Waals surface area contributed by atoms with Gasteiger partial charge in [-0.25, -0.2) is 9.98 Å². The number of aromatic nitrogens is 3. The molecule has 4 aromatic rings. The first-order valence-electron chi connectivity index (χ1n) is 10.6. The minimum atomic E-state index is 0.298. The molecule has 0 aliphatic carbocycles. The fourth-order valence-electron chi connectivity index (χ4n) is 2.77. The molecule has 0 saturated carbocycles. The van der Waals surface area contributed by atoms with Gasteiger partial charge in [0, 0.05) is 5.69 Å². The van der Waals surface area contributed by atoms with E-state index in [2.05, 4.69) is 36.8 Å². The Balaban J connectivity index is 1.56. The minimum Gasteiger partial charge on any atom is -0.378 e. The maximum atomic E-state index is 6.17. The Bertz CT molecular complexity index is 1290. The number of para-hydroxylation sites is 3. The van der Waals surface area contributed by atoms with E-state index in [4.69, 9.17) is 11.5 Å². The molecule has 0 aliphatic rings. The molecule has 180 valence electrons. The van der Waals surface area contributed by atoms with Crippen molar-refractivity contribution in [2.75, 3.05) is 5.32 Å². The number of benzene rings is 3. The summed E-state index contributed by atoms with van der Waals surface area (Å²) in [6.45, 7) is 4.08. The maximum Gasteiger partial charge on any atom is 0.200 e. The molecule has 0 bridgehead atoms. The topological polar surface area (TPSA) is 127 Å². The first-order valence-corrected chi connectivity index (χ1v) is 13.1. The van der Waals surface area contributed by atoms with Crippen LogP contribution in [0.3, 0.4) is 0 Å². The molecular weight excluding hydrogens is 509 g/mol. The normalized spacial score (nSPS) is 11.8. The van der Waals surface area contributed by atoms with E-state index in [1.807, 2.05) is 91.0 Å². The molecule has 1 heterocycles. The van der Waals surface area contributed by atoms with Crippen molar-refractivity contribution < 1.29 is 0 Å². The molecule has 0 spiro atoms. The van der Waals surface area contributed by atoms with Crippen LogP contribution < -0.4 is 16.8 Å². The van der Waals surface area contributed by atoms with Gasteiger partial charge in [-0.3, -0.25) is 0 Å². The third kappa shape index (κ3) is 8.15. The zero-order valence-electron chi connectivity index (χ0n) is 19.0. The molecular formula is C25H22N8S3. The minimum absolute atomic E-state index is 0.298. The van der Waals surface area contributed by atoms with Gasteiger partial charge in [0.25, 0.3) is 0 Å². The van der Waals surface area contributed by atoms with E-state index in [1.165, 1.54) is 11.8 Å². The second kappa shape index (κ2) is 12.8. The first-order chi connectivity index (χ1) is 17.5. The molecule has 0 radical (unpaired) electrons. The van der Waals surface area contributed by atoms with Gasteiger partial charge in [0.15, 0.2) is 25.8 Å². The molecule has 0 amide bonds. The number of rotatable bonds is 8. The summed E-state index contributed by atoms with van der Waals surface area (Å²) in [5.74, 6) is 0. The van der Waals surface area contributed by atoms with Crippen LogP contribution in [-0.2, 0) is 0 Å². The van der Waals surface area contributed by atoms with Crippen molar-refractivity contribution in [2.45, 2.75) is 15.5 Å². The number of nitrogens with zero attached hydrogens (tertiary/aromatic N) is 5. The van der Waals surface area contributed by atoms with Crippen molar-refractivity contribution in [3.8, 4) is 0 Å². The second-order valence-electron chi connectivity index (χ2n) is 6.97. The van der Waals surface area contributed by atoms with Crippen molar-refractivity contribution >= 4 is 62.7 Å². The van der Waals surface area contributed by atoms with Crippen molar-refractivity contribution in [3.63, 3.8) is 0 Å². The fourth-order valence-corrected chi connectivity index (χ4v) is 4.80. The summed E-state index contributed by atoms with van der Waals surface area (Å²) in [5.41, 5.74) is 14.7. The van der Waals surface area contributed by atoms with Crippen LogP contribution in [0.2, 0.25) is 0 Å². The van der Waals surface area contributed by atoms with Crippen LogP contribution in [-0.4, -0.2) is 25.3 Å². The number of aliphatic imine (C=N–C) groups is 2. The lowest BCUT2D eigenvalue weighted by molar-refractivity contribution is 0.721. The number of amidine groups is 2. The van der Waals surface area contributed by atoms with Crippen molar-refractivity contribution in [2.24, 2.45) is 21.5 Å². The molecule has 0 aliphatic heterocycles. The highest BCUT2D eigenvalue weighted by Crippen LogP contribution is 2.28. The lowest BCUT2D eigenvalue weighted by atomic mass is 10.3. The molecule has 5 N–H and O–H groups in total. The van der Waals surface area contributed by atoms with Gasteiger partial charge in [0.1, 0.15) is 0 Å². The smallest absolute Gasteiger partial charge is 0.200 e. The second-order valence-corrected chi connectivity index (χ2v) is 10.0. The lowest BCUT2D eigenvalue weighted by Crippen LogP contribution is -2.10. The number of hydrogen-bond donors (Lipinski definition) is 3. The van der Waals surface area contributed by atoms with Crippen LogP contribution in [0.5, 0.6) is 0 Å². The summed E-state index contributed by atoms with van der Waals surface area (Å²) in [7, 11) is 0. The van der Waals surface area contributed by atoms with Crippen molar-refractivity contribution in [1.82, 2.24) is 15.0 Å². The van der Waals surface area contributed by atoms with E-state index in [0.717, 1.165) is 40.6 Å². The average molecular weight is 531 g/mol. The van der Waals surface area contributed by atoms with E-state index in [9.17, 15) is 0 Å². The van der Waals surface area contributed by atoms with Crippen LogP contribution >= 0.6 is 35.3 Å². The highest BCUT2D eigenvalue weighted by Gasteiger charge is 2.13. The molecule has 0 atom stereocenters. The van der Waals surface area contributed by atoms with E-state index >= 15 is 0 Å². The molecule has 0 saturated heterocycles. The number of nitrogens with one attached hydrogen (secondary N) is 1. The molecule has 36 heavy (non-hydrogen) atoms. The summed E-state index contributed by atoms with van der Waals surface area (Å²) in [6.07, 6.45) is 0. The van der Waals surface area contributed by atoms with Crippen LogP contribution in [0, 0.1) is 0 Å². The van der Waals surface area contributed by atoms with Crippen molar-refractivity contribution in [1.29, 1.82) is 0 Å². The first kappa shape index (κ1) is 25.3. The monoisotopic (exact) mass is 530 g/mol. The number of hydrogen-bond acceptors (Lipinski definition) is 9.